The molecule has 1 aliphatic rings. The number of allylic oxidation sites excluding steroid dienone is 1. The van der Waals surface area contributed by atoms with Crippen LogP contribution in [0.1, 0.15) is 50.4 Å². The molecular weight excluding hydrogens is 442 g/mol. The van der Waals surface area contributed by atoms with Crippen LogP contribution in [0.3, 0.4) is 0 Å². The van der Waals surface area contributed by atoms with E-state index >= 15 is 0 Å². The average Bonchev–Trinajstić information content (AvgIpc) is 2.84. The highest BCUT2D eigenvalue weighted by Gasteiger charge is 2.25. The number of likely N-dealkylation sites (N-methyl/N-ethyl adjacent to an activating group) is 2. The molecule has 1 heterocycles. The van der Waals surface area contributed by atoms with Gasteiger partial charge in [0, 0.05) is 34.5 Å². The molecule has 182 valence electrons. The van der Waals surface area contributed by atoms with Gasteiger partial charge in [-0.2, -0.15) is 0 Å². The zero-order valence-electron chi connectivity index (χ0n) is 21.3. The SMILES string of the molecule is CNC(OC(=N)c1ccc(C(C)NC)cc1)C1=C(C)N(C)CC(c2ccc(SC(C)C)cc2)=N1. The molecule has 1 aliphatic heterocycles. The number of thioether (sulfide) groups is 1. The third-order valence-corrected chi connectivity index (χ3v) is 7.01. The second-order valence-electron chi connectivity index (χ2n) is 8.82. The Bertz CT molecular complexity index is 1040. The van der Waals surface area contributed by atoms with Crippen LogP contribution < -0.4 is 10.6 Å². The third kappa shape index (κ3) is 6.29. The van der Waals surface area contributed by atoms with Gasteiger partial charge >= 0.3 is 0 Å². The number of nitrogens with zero attached hydrogens (tertiary/aromatic N) is 2. The van der Waals surface area contributed by atoms with E-state index in [0.29, 0.717) is 5.25 Å². The Hall–Kier alpha value is -2.61. The van der Waals surface area contributed by atoms with Crippen LogP contribution in [-0.4, -0.2) is 55.7 Å². The van der Waals surface area contributed by atoms with Gasteiger partial charge in [0.1, 0.15) is 5.70 Å². The van der Waals surface area contributed by atoms with Gasteiger partial charge < -0.3 is 15.0 Å². The number of benzene rings is 2. The van der Waals surface area contributed by atoms with Gasteiger partial charge in [-0.3, -0.25) is 10.7 Å². The first-order chi connectivity index (χ1) is 16.2. The summed E-state index contributed by atoms with van der Waals surface area (Å²) in [5.74, 6) is 0.114. The molecule has 0 radical (unpaired) electrons. The van der Waals surface area contributed by atoms with Crippen molar-refractivity contribution in [2.45, 2.75) is 50.1 Å². The van der Waals surface area contributed by atoms with Gasteiger partial charge in [0.25, 0.3) is 0 Å². The second kappa shape index (κ2) is 11.7. The van der Waals surface area contributed by atoms with Crippen molar-refractivity contribution in [3.05, 3.63) is 76.6 Å². The minimum Gasteiger partial charge on any atom is -0.452 e. The summed E-state index contributed by atoms with van der Waals surface area (Å²) in [6.07, 6.45) is -0.531. The second-order valence-corrected chi connectivity index (χ2v) is 10.5. The van der Waals surface area contributed by atoms with Crippen molar-refractivity contribution in [1.29, 1.82) is 5.41 Å². The van der Waals surface area contributed by atoms with Crippen molar-refractivity contribution in [2.24, 2.45) is 4.99 Å². The molecule has 7 heteroatoms. The maximum Gasteiger partial charge on any atom is 0.215 e. The van der Waals surface area contributed by atoms with Crippen molar-refractivity contribution in [2.75, 3.05) is 27.7 Å². The standard InChI is InChI=1S/C27H37N5OS/c1-17(2)34-23-14-12-21(13-15-23)24-16-32(7)19(4)25(31-24)27(30-6)33-26(28)22-10-8-20(9-11-22)18(3)29-5/h8-15,17-18,27-30H,16H2,1-7H3. The van der Waals surface area contributed by atoms with Crippen molar-refractivity contribution in [3.8, 4) is 0 Å². The number of rotatable bonds is 9. The van der Waals surface area contributed by atoms with E-state index in [1.165, 1.54) is 10.5 Å². The summed E-state index contributed by atoms with van der Waals surface area (Å²) in [4.78, 5) is 8.44. The molecule has 2 atom stereocenters. The Morgan fingerprint density at radius 2 is 1.68 bits per heavy atom. The lowest BCUT2D eigenvalue weighted by Crippen LogP contribution is -2.38. The van der Waals surface area contributed by atoms with Gasteiger partial charge in [0.05, 0.1) is 12.3 Å². The van der Waals surface area contributed by atoms with Crippen molar-refractivity contribution in [3.63, 3.8) is 0 Å². The first-order valence-corrected chi connectivity index (χ1v) is 12.6. The monoisotopic (exact) mass is 479 g/mol. The first kappa shape index (κ1) is 26.0. The average molecular weight is 480 g/mol. The Labute approximate surface area is 208 Å². The molecule has 0 saturated carbocycles. The molecule has 0 fully saturated rings. The Kier molecular flexibility index (Phi) is 8.94. The zero-order chi connectivity index (χ0) is 24.8. The molecule has 3 rings (SSSR count). The smallest absolute Gasteiger partial charge is 0.215 e. The van der Waals surface area contributed by atoms with Crippen LogP contribution in [-0.2, 0) is 4.74 Å². The van der Waals surface area contributed by atoms with Gasteiger partial charge in [-0.1, -0.05) is 38.1 Å². The zero-order valence-corrected chi connectivity index (χ0v) is 22.1. The highest BCUT2D eigenvalue weighted by atomic mass is 32.2. The summed E-state index contributed by atoms with van der Waals surface area (Å²) in [5, 5.41) is 15.5. The molecular formula is C27H37N5OS. The molecule has 0 amide bonds. The van der Waals surface area contributed by atoms with Gasteiger partial charge in [0.15, 0.2) is 6.23 Å². The molecule has 0 spiro atoms. The summed E-state index contributed by atoms with van der Waals surface area (Å²) >= 11 is 1.86. The van der Waals surface area contributed by atoms with Gasteiger partial charge in [-0.25, -0.2) is 4.99 Å². The van der Waals surface area contributed by atoms with Crippen LogP contribution in [0.25, 0.3) is 0 Å². The predicted molar refractivity (Wildman–Crippen MR) is 144 cm³/mol. The topological polar surface area (TPSA) is 72.7 Å². The lowest BCUT2D eigenvalue weighted by molar-refractivity contribution is 0.188. The summed E-state index contributed by atoms with van der Waals surface area (Å²) in [5.41, 5.74) is 5.81. The molecule has 2 aromatic carbocycles. The van der Waals surface area contributed by atoms with Crippen molar-refractivity contribution in [1.82, 2.24) is 15.5 Å². The maximum atomic E-state index is 8.55. The minimum absolute atomic E-state index is 0.114. The number of hydrogen-bond donors (Lipinski definition) is 3. The van der Waals surface area contributed by atoms with Crippen LogP contribution in [0.5, 0.6) is 0 Å². The van der Waals surface area contributed by atoms with E-state index < -0.39 is 6.23 Å². The fraction of sp³-hybridized carbons (Fsp3) is 0.407. The summed E-state index contributed by atoms with van der Waals surface area (Å²) in [6.45, 7) is 9.28. The molecule has 0 aliphatic carbocycles. The predicted octanol–water partition coefficient (Wildman–Crippen LogP) is 5.02. The molecule has 3 N–H and O–H groups in total. The Morgan fingerprint density at radius 3 is 2.24 bits per heavy atom. The van der Waals surface area contributed by atoms with Gasteiger partial charge in [-0.15, -0.1) is 11.8 Å². The molecule has 2 aromatic rings. The number of aliphatic imine (C=N–C) groups is 1. The Balaban J connectivity index is 1.81. The molecule has 0 aromatic heterocycles. The molecule has 6 nitrogen and oxygen atoms in total. The van der Waals surface area contributed by atoms with Crippen LogP contribution in [0.2, 0.25) is 0 Å². The van der Waals surface area contributed by atoms with Crippen molar-refractivity contribution < 1.29 is 4.74 Å². The molecule has 34 heavy (non-hydrogen) atoms. The van der Waals surface area contributed by atoms with E-state index in [-0.39, 0.29) is 11.9 Å². The lowest BCUT2D eigenvalue weighted by atomic mass is 10.1. The lowest BCUT2D eigenvalue weighted by Gasteiger charge is -2.31. The quantitative estimate of drug-likeness (QED) is 0.204. The van der Waals surface area contributed by atoms with E-state index in [9.17, 15) is 0 Å². The van der Waals surface area contributed by atoms with Crippen LogP contribution in [0.4, 0.5) is 0 Å². The number of hydrogen-bond acceptors (Lipinski definition) is 7. The van der Waals surface area contributed by atoms with Crippen LogP contribution >= 0.6 is 11.8 Å². The largest absolute Gasteiger partial charge is 0.452 e. The third-order valence-electron chi connectivity index (χ3n) is 6.00. The summed E-state index contributed by atoms with van der Waals surface area (Å²) in [6, 6.07) is 16.8. The fourth-order valence-electron chi connectivity index (χ4n) is 3.73. The first-order valence-electron chi connectivity index (χ1n) is 11.7. The highest BCUT2D eigenvalue weighted by molar-refractivity contribution is 7.99. The van der Waals surface area contributed by atoms with E-state index in [1.807, 2.05) is 57.0 Å². The highest BCUT2D eigenvalue weighted by Crippen LogP contribution is 2.26. The molecule has 0 bridgehead atoms. The van der Waals surface area contributed by atoms with Crippen LogP contribution in [0, 0.1) is 5.41 Å². The normalized spacial score (nSPS) is 15.9. The van der Waals surface area contributed by atoms with Gasteiger partial charge in [0.2, 0.25) is 5.90 Å². The molecule has 0 saturated heterocycles. The van der Waals surface area contributed by atoms with Crippen LogP contribution in [0.15, 0.2) is 69.8 Å². The van der Waals surface area contributed by atoms with E-state index in [0.717, 1.165) is 34.8 Å². The van der Waals surface area contributed by atoms with Gasteiger partial charge in [-0.05, 0) is 63.3 Å². The maximum absolute atomic E-state index is 8.55. The van der Waals surface area contributed by atoms with E-state index in [4.69, 9.17) is 15.1 Å². The van der Waals surface area contributed by atoms with E-state index in [2.05, 4.69) is 67.6 Å². The van der Waals surface area contributed by atoms with E-state index in [1.54, 1.807) is 0 Å². The molecule has 2 unspecified atom stereocenters. The Morgan fingerprint density at radius 1 is 1.03 bits per heavy atom. The number of ether oxygens (including phenoxy) is 1. The number of nitrogens with one attached hydrogen (secondary N) is 3. The van der Waals surface area contributed by atoms with Crippen molar-refractivity contribution >= 4 is 23.4 Å². The summed E-state index contributed by atoms with van der Waals surface area (Å²) < 4.78 is 6.08. The minimum atomic E-state index is -0.531. The fourth-order valence-corrected chi connectivity index (χ4v) is 4.57. The summed E-state index contributed by atoms with van der Waals surface area (Å²) in [7, 11) is 5.83.